The highest BCUT2D eigenvalue weighted by atomic mass is 16.5. The summed E-state index contributed by atoms with van der Waals surface area (Å²) < 4.78 is 10.5. The lowest BCUT2D eigenvalue weighted by atomic mass is 9.76. The number of fused-ring (bicyclic) bond motifs is 2. The number of aromatic nitrogens is 2. The Labute approximate surface area is 203 Å². The molecule has 1 unspecified atom stereocenters. The largest absolute Gasteiger partial charge is 0.381 e. The topological polar surface area (TPSA) is 135 Å². The molecule has 5 rings (SSSR count). The molecule has 1 aliphatic carbocycles. The lowest BCUT2D eigenvalue weighted by Crippen LogP contribution is -2.49. The van der Waals surface area contributed by atoms with Crippen molar-refractivity contribution in [3.8, 4) is 0 Å². The lowest BCUT2D eigenvalue weighted by molar-refractivity contribution is -0.124. The predicted octanol–water partition coefficient (Wildman–Crippen LogP) is 2.94. The summed E-state index contributed by atoms with van der Waals surface area (Å²) in [4.78, 5) is 43.5. The zero-order chi connectivity index (χ0) is 24.6. The number of aryl methyl sites for hydroxylation is 1. The molecule has 4 heterocycles. The van der Waals surface area contributed by atoms with Crippen molar-refractivity contribution in [2.75, 3.05) is 23.8 Å². The Hall–Kier alpha value is -3.27. The first kappa shape index (κ1) is 23.5. The smallest absolute Gasteiger partial charge is 0.274 e. The number of pyridine rings is 1. The molecule has 2 aliphatic heterocycles. The summed E-state index contributed by atoms with van der Waals surface area (Å²) in [5, 5.41) is 12.5. The molecule has 1 spiro atoms. The quantitative estimate of drug-likeness (QED) is 0.597. The fraction of sp³-hybridized carbons (Fsp3) is 0.560. The average Bonchev–Trinajstić information content (AvgIpc) is 3.39. The van der Waals surface area contributed by atoms with E-state index in [4.69, 9.17) is 9.26 Å². The number of carbonyl (C=O) groups excluding carboxylic acids is 3. The third-order valence-corrected chi connectivity index (χ3v) is 7.66. The third-order valence-electron chi connectivity index (χ3n) is 7.66. The van der Waals surface area contributed by atoms with Gasteiger partial charge in [-0.2, -0.15) is 0 Å². The average molecular weight is 482 g/mol. The minimum absolute atomic E-state index is 0.00258. The number of hydrogen-bond acceptors (Lipinski definition) is 7. The monoisotopic (exact) mass is 481 g/mol. The van der Waals surface area contributed by atoms with Gasteiger partial charge in [-0.05, 0) is 44.4 Å². The van der Waals surface area contributed by atoms with Gasteiger partial charge in [0, 0.05) is 37.1 Å². The first-order valence-corrected chi connectivity index (χ1v) is 12.3. The molecule has 10 nitrogen and oxygen atoms in total. The van der Waals surface area contributed by atoms with E-state index in [1.807, 2.05) is 0 Å². The van der Waals surface area contributed by atoms with Crippen LogP contribution in [0.2, 0.25) is 0 Å². The van der Waals surface area contributed by atoms with E-state index in [0.717, 1.165) is 31.2 Å². The van der Waals surface area contributed by atoms with Crippen molar-refractivity contribution in [3.05, 3.63) is 35.3 Å². The number of carbonyl (C=O) groups is 3. The van der Waals surface area contributed by atoms with E-state index in [2.05, 4.69) is 33.0 Å². The van der Waals surface area contributed by atoms with E-state index >= 15 is 0 Å². The van der Waals surface area contributed by atoms with E-state index in [1.54, 1.807) is 25.3 Å². The summed E-state index contributed by atoms with van der Waals surface area (Å²) in [7, 11) is 0. The highest BCUT2D eigenvalue weighted by Gasteiger charge is 2.48. The molecule has 3 aliphatic rings. The van der Waals surface area contributed by atoms with Gasteiger partial charge in [0.2, 0.25) is 11.8 Å². The molecule has 2 aromatic heterocycles. The maximum Gasteiger partial charge on any atom is 0.274 e. The Kier molecular flexibility index (Phi) is 6.31. The molecule has 3 N–H and O–H groups in total. The van der Waals surface area contributed by atoms with Crippen molar-refractivity contribution in [1.82, 2.24) is 15.5 Å². The first-order chi connectivity index (χ1) is 16.9. The molecular weight excluding hydrogens is 450 g/mol. The highest BCUT2D eigenvalue weighted by Crippen LogP contribution is 2.44. The first-order valence-electron chi connectivity index (χ1n) is 12.3. The van der Waals surface area contributed by atoms with E-state index in [0.29, 0.717) is 49.2 Å². The van der Waals surface area contributed by atoms with Gasteiger partial charge in [-0.1, -0.05) is 24.9 Å². The third kappa shape index (κ3) is 4.54. The van der Waals surface area contributed by atoms with Crippen molar-refractivity contribution < 1.29 is 23.6 Å². The molecule has 35 heavy (non-hydrogen) atoms. The fourth-order valence-electron chi connectivity index (χ4n) is 5.50. The molecule has 3 amide bonds. The number of hydrogen-bond donors (Lipinski definition) is 3. The summed E-state index contributed by atoms with van der Waals surface area (Å²) in [6.45, 7) is 4.96. The maximum atomic E-state index is 13.4. The van der Waals surface area contributed by atoms with Gasteiger partial charge in [0.25, 0.3) is 5.91 Å². The summed E-state index contributed by atoms with van der Waals surface area (Å²) in [5.41, 5.74) is 1.03. The van der Waals surface area contributed by atoms with Crippen molar-refractivity contribution in [2.45, 2.75) is 63.8 Å². The Morgan fingerprint density at radius 2 is 1.91 bits per heavy atom. The Morgan fingerprint density at radius 1 is 1.17 bits per heavy atom. The Balaban J connectivity index is 1.34. The number of nitrogens with zero attached hydrogens (tertiary/aromatic N) is 2. The van der Waals surface area contributed by atoms with Crippen LogP contribution in [0, 0.1) is 18.8 Å². The zero-order valence-corrected chi connectivity index (χ0v) is 20.1. The summed E-state index contributed by atoms with van der Waals surface area (Å²) in [6.07, 6.45) is 6.57. The van der Waals surface area contributed by atoms with Gasteiger partial charge in [0.05, 0.1) is 11.1 Å². The molecule has 2 aromatic rings. The minimum atomic E-state index is -0.738. The summed E-state index contributed by atoms with van der Waals surface area (Å²) in [6, 6.07) is 2.50. The number of rotatable bonds is 5. The molecule has 0 aromatic carbocycles. The number of nitrogens with one attached hydrogen (secondary N) is 3. The second-order valence-electron chi connectivity index (χ2n) is 10.0. The van der Waals surface area contributed by atoms with E-state index in [9.17, 15) is 14.4 Å². The Bertz CT molecular complexity index is 1130. The van der Waals surface area contributed by atoms with Crippen LogP contribution in [0.4, 0.5) is 11.5 Å². The van der Waals surface area contributed by atoms with Gasteiger partial charge in [-0.15, -0.1) is 0 Å². The number of ether oxygens (including phenoxy) is 1. The SMILES string of the molecule is Cc1cc(C(=O)NC(C(=O)Nc2cc3c(cn2)C2(CCOCC2)C(=O)N3)C2CCC(C)CC2)no1. The molecule has 1 atom stereocenters. The van der Waals surface area contributed by atoms with E-state index in [-0.39, 0.29) is 23.4 Å². The predicted molar refractivity (Wildman–Crippen MR) is 127 cm³/mol. The van der Waals surface area contributed by atoms with Crippen LogP contribution in [0.5, 0.6) is 0 Å². The van der Waals surface area contributed by atoms with Crippen molar-refractivity contribution in [2.24, 2.45) is 11.8 Å². The van der Waals surface area contributed by atoms with Crippen molar-refractivity contribution >= 4 is 29.2 Å². The van der Waals surface area contributed by atoms with Crippen LogP contribution in [0.3, 0.4) is 0 Å². The van der Waals surface area contributed by atoms with E-state index in [1.165, 1.54) is 0 Å². The lowest BCUT2D eigenvalue weighted by Gasteiger charge is -2.32. The molecule has 1 saturated carbocycles. The van der Waals surface area contributed by atoms with Gasteiger partial charge < -0.3 is 25.2 Å². The molecule has 0 bridgehead atoms. The van der Waals surface area contributed by atoms with Crippen LogP contribution < -0.4 is 16.0 Å². The van der Waals surface area contributed by atoms with Crippen molar-refractivity contribution in [3.63, 3.8) is 0 Å². The zero-order valence-electron chi connectivity index (χ0n) is 20.1. The Morgan fingerprint density at radius 3 is 2.60 bits per heavy atom. The fourth-order valence-corrected chi connectivity index (χ4v) is 5.50. The van der Waals surface area contributed by atoms with Gasteiger partial charge in [0.1, 0.15) is 17.6 Å². The van der Waals surface area contributed by atoms with Crippen LogP contribution in [-0.2, 0) is 19.7 Å². The van der Waals surface area contributed by atoms with Gasteiger partial charge >= 0.3 is 0 Å². The maximum absolute atomic E-state index is 13.4. The molecule has 0 radical (unpaired) electrons. The highest BCUT2D eigenvalue weighted by molar-refractivity contribution is 6.07. The van der Waals surface area contributed by atoms with Crippen molar-refractivity contribution in [1.29, 1.82) is 0 Å². The van der Waals surface area contributed by atoms with Gasteiger partial charge in [0.15, 0.2) is 5.69 Å². The normalized spacial score (nSPS) is 23.9. The van der Waals surface area contributed by atoms with Crippen LogP contribution in [0.25, 0.3) is 0 Å². The van der Waals surface area contributed by atoms with Gasteiger partial charge in [-0.25, -0.2) is 4.98 Å². The van der Waals surface area contributed by atoms with Crippen LogP contribution in [-0.4, -0.2) is 47.1 Å². The van der Waals surface area contributed by atoms with Crippen LogP contribution in [0.15, 0.2) is 22.9 Å². The molecule has 2 fully saturated rings. The number of amides is 3. The molecule has 1 saturated heterocycles. The summed E-state index contributed by atoms with van der Waals surface area (Å²) >= 11 is 0. The minimum Gasteiger partial charge on any atom is -0.381 e. The molecule has 10 heteroatoms. The second-order valence-corrected chi connectivity index (χ2v) is 10.0. The van der Waals surface area contributed by atoms with Gasteiger partial charge in [-0.3, -0.25) is 14.4 Å². The van der Waals surface area contributed by atoms with Crippen LogP contribution >= 0.6 is 0 Å². The number of anilines is 2. The molecule has 186 valence electrons. The standard InChI is InChI=1S/C25H31N5O5/c1-14-3-5-16(6-4-14)21(29-22(31)19-11-15(2)35-30-19)23(32)28-20-12-18-17(13-26-20)25(24(33)27-18)7-9-34-10-8-25/h11-14,16,21H,3-10H2,1-2H3,(H,27,33)(H,29,31)(H,26,28,32). The molecular formula is C25H31N5O5. The summed E-state index contributed by atoms with van der Waals surface area (Å²) in [5.74, 6) is 0.622. The second kappa shape index (κ2) is 9.41. The van der Waals surface area contributed by atoms with Crippen LogP contribution in [0.1, 0.15) is 67.3 Å². The van der Waals surface area contributed by atoms with E-state index < -0.39 is 17.4 Å².